The van der Waals surface area contributed by atoms with Crippen LogP contribution >= 0.6 is 0 Å². The maximum Gasteiger partial charge on any atom is 0.673 e. The summed E-state index contributed by atoms with van der Waals surface area (Å²) in [4.78, 5) is 0. The van der Waals surface area contributed by atoms with Crippen molar-refractivity contribution < 1.29 is 48.2 Å². The van der Waals surface area contributed by atoms with Crippen LogP contribution < -0.4 is 4.57 Å². The highest BCUT2D eigenvalue weighted by Gasteiger charge is 2.43. The standard InChI is InChI=1S/C14H12F6N3.BF4/c1-5(2)7-3-6(15)14-21-23(4-22(7)14)13-11(19)9(17)8(16)10(18)12(13)20;2-1(3,4)5/h4-7H,3H2,1-2H3;/q+1;-1/t6-,7-;/m0./s1. The van der Waals surface area contributed by atoms with Crippen LogP contribution in [0.25, 0.3) is 5.69 Å². The summed E-state index contributed by atoms with van der Waals surface area (Å²) in [6.07, 6.45) is -0.264. The van der Waals surface area contributed by atoms with Gasteiger partial charge in [-0.15, -0.1) is 0 Å². The molecule has 2 heterocycles. The normalized spacial score (nSPS) is 18.9. The van der Waals surface area contributed by atoms with Crippen LogP contribution in [-0.2, 0) is 0 Å². The lowest BCUT2D eigenvalue weighted by Gasteiger charge is -2.12. The minimum absolute atomic E-state index is 0.00790. The fourth-order valence-electron chi connectivity index (χ4n) is 2.77. The smallest absolute Gasteiger partial charge is 0.418 e. The molecule has 0 fully saturated rings. The van der Waals surface area contributed by atoms with Crippen LogP contribution in [-0.4, -0.2) is 17.0 Å². The van der Waals surface area contributed by atoms with Crippen molar-refractivity contribution in [3.05, 3.63) is 41.2 Å². The third-order valence-electron chi connectivity index (χ3n) is 3.98. The Balaban J connectivity index is 0.000000500. The Morgan fingerprint density at radius 1 is 0.964 bits per heavy atom. The maximum absolute atomic E-state index is 14.0. The van der Waals surface area contributed by atoms with Crippen molar-refractivity contribution in [2.24, 2.45) is 5.92 Å². The average molecular weight is 423 g/mol. The molecule has 1 aromatic carbocycles. The number of halogens is 10. The van der Waals surface area contributed by atoms with Crippen LogP contribution in [0.1, 0.15) is 38.3 Å². The summed E-state index contributed by atoms with van der Waals surface area (Å²) in [6.45, 7) is 3.66. The number of rotatable bonds is 2. The van der Waals surface area contributed by atoms with Crippen molar-refractivity contribution in [2.45, 2.75) is 32.5 Å². The van der Waals surface area contributed by atoms with E-state index < -0.39 is 48.2 Å². The molecule has 0 saturated heterocycles. The number of benzene rings is 1. The number of hydrogen-bond donors (Lipinski definition) is 0. The first-order valence-corrected chi connectivity index (χ1v) is 7.77. The van der Waals surface area contributed by atoms with Crippen molar-refractivity contribution in [3.63, 3.8) is 0 Å². The van der Waals surface area contributed by atoms with Crippen molar-refractivity contribution in [2.75, 3.05) is 0 Å². The Hall–Kier alpha value is -2.28. The van der Waals surface area contributed by atoms with E-state index in [2.05, 4.69) is 5.10 Å². The maximum atomic E-state index is 14.0. The molecule has 0 unspecified atom stereocenters. The molecule has 1 aliphatic rings. The number of nitrogens with zero attached hydrogens (tertiary/aromatic N) is 3. The summed E-state index contributed by atoms with van der Waals surface area (Å²) in [5.41, 5.74) is -1.22. The molecule has 1 aliphatic heterocycles. The van der Waals surface area contributed by atoms with Crippen LogP contribution in [0.2, 0.25) is 0 Å². The lowest BCUT2D eigenvalue weighted by molar-refractivity contribution is -0.723. The van der Waals surface area contributed by atoms with E-state index in [0.717, 1.165) is 6.33 Å². The van der Waals surface area contributed by atoms with Crippen LogP contribution in [0.15, 0.2) is 6.33 Å². The van der Waals surface area contributed by atoms with E-state index in [1.54, 1.807) is 0 Å². The first-order chi connectivity index (χ1) is 12.7. The number of hydrogen-bond acceptors (Lipinski definition) is 1. The third kappa shape index (κ3) is 4.24. The zero-order chi connectivity index (χ0) is 21.5. The van der Waals surface area contributed by atoms with Crippen molar-refractivity contribution in [1.82, 2.24) is 9.78 Å². The molecule has 1 aromatic heterocycles. The molecular formula is C14H12BF10N3. The van der Waals surface area contributed by atoms with Gasteiger partial charge in [0.2, 0.25) is 41.1 Å². The second-order valence-electron chi connectivity index (χ2n) is 6.25. The first-order valence-electron chi connectivity index (χ1n) is 7.77. The third-order valence-corrected chi connectivity index (χ3v) is 3.98. The van der Waals surface area contributed by atoms with Gasteiger partial charge in [0, 0.05) is 11.5 Å². The molecule has 0 radical (unpaired) electrons. The Bertz CT molecular complexity index is 844. The van der Waals surface area contributed by atoms with Gasteiger partial charge in [0.1, 0.15) is 0 Å². The lowest BCUT2D eigenvalue weighted by atomic mass is 10.0. The van der Waals surface area contributed by atoms with Gasteiger partial charge in [-0.1, -0.05) is 18.5 Å². The van der Waals surface area contributed by atoms with E-state index in [9.17, 15) is 43.6 Å². The Morgan fingerprint density at radius 3 is 1.82 bits per heavy atom. The van der Waals surface area contributed by atoms with Gasteiger partial charge in [0.15, 0.2) is 6.17 Å². The van der Waals surface area contributed by atoms with Crippen molar-refractivity contribution in [3.8, 4) is 5.69 Å². The summed E-state index contributed by atoms with van der Waals surface area (Å²) in [6, 6.07) is -0.310. The van der Waals surface area contributed by atoms with E-state index >= 15 is 0 Å². The minimum atomic E-state index is -6.00. The van der Waals surface area contributed by atoms with E-state index in [4.69, 9.17) is 0 Å². The molecule has 0 aliphatic carbocycles. The second-order valence-corrected chi connectivity index (χ2v) is 6.25. The predicted molar refractivity (Wildman–Crippen MR) is 76.1 cm³/mol. The number of aromatic nitrogens is 3. The summed E-state index contributed by atoms with van der Waals surface area (Å²) in [7, 11) is -6.00. The fourth-order valence-corrected chi connectivity index (χ4v) is 2.77. The predicted octanol–water partition coefficient (Wildman–Crippen LogP) is 4.77. The van der Waals surface area contributed by atoms with E-state index in [1.165, 1.54) is 4.57 Å². The monoisotopic (exact) mass is 423 g/mol. The molecule has 0 amide bonds. The summed E-state index contributed by atoms with van der Waals surface area (Å²) in [5, 5.41) is 3.68. The minimum Gasteiger partial charge on any atom is -0.418 e. The van der Waals surface area contributed by atoms with Gasteiger partial charge in [0.05, 0.1) is 6.04 Å². The largest absolute Gasteiger partial charge is 0.673 e. The number of fused-ring (bicyclic) bond motifs is 1. The first kappa shape index (κ1) is 22.0. The Kier molecular flexibility index (Phi) is 6.00. The van der Waals surface area contributed by atoms with Gasteiger partial charge in [-0.2, -0.15) is 8.78 Å². The van der Waals surface area contributed by atoms with Gasteiger partial charge >= 0.3 is 13.1 Å². The molecule has 28 heavy (non-hydrogen) atoms. The van der Waals surface area contributed by atoms with Gasteiger partial charge in [-0.25, -0.2) is 22.1 Å². The van der Waals surface area contributed by atoms with E-state index in [-0.39, 0.29) is 24.2 Å². The summed E-state index contributed by atoms with van der Waals surface area (Å²) in [5.74, 6) is -10.5. The molecule has 3 nitrogen and oxygen atoms in total. The van der Waals surface area contributed by atoms with Gasteiger partial charge in [0.25, 0.3) is 0 Å². The van der Waals surface area contributed by atoms with E-state index in [1.807, 2.05) is 13.8 Å². The summed E-state index contributed by atoms with van der Waals surface area (Å²) >= 11 is 0. The van der Waals surface area contributed by atoms with Crippen LogP contribution in [0.3, 0.4) is 0 Å². The lowest BCUT2D eigenvalue weighted by Crippen LogP contribution is -2.39. The van der Waals surface area contributed by atoms with E-state index in [0.29, 0.717) is 4.68 Å². The van der Waals surface area contributed by atoms with Gasteiger partial charge in [-0.3, -0.25) is 0 Å². The van der Waals surface area contributed by atoms with Crippen LogP contribution in [0.4, 0.5) is 43.6 Å². The second kappa shape index (κ2) is 7.62. The van der Waals surface area contributed by atoms with Crippen molar-refractivity contribution in [1.29, 1.82) is 0 Å². The topological polar surface area (TPSA) is 21.7 Å². The average Bonchev–Trinajstić information content (AvgIpc) is 3.10. The molecular weight excluding hydrogens is 411 g/mol. The zero-order valence-electron chi connectivity index (χ0n) is 14.2. The molecule has 0 spiro atoms. The summed E-state index contributed by atoms with van der Waals surface area (Å²) < 4.78 is 122. The van der Waals surface area contributed by atoms with Crippen molar-refractivity contribution >= 4 is 7.25 Å². The highest BCUT2D eigenvalue weighted by atomic mass is 19.5. The molecule has 14 heteroatoms. The molecule has 156 valence electrons. The quantitative estimate of drug-likeness (QED) is 0.224. The fraction of sp³-hybridized carbons (Fsp3) is 0.429. The molecule has 0 N–H and O–H groups in total. The molecule has 3 rings (SSSR count). The van der Waals surface area contributed by atoms with Crippen LogP contribution in [0.5, 0.6) is 0 Å². The molecule has 2 atom stereocenters. The number of alkyl halides is 1. The molecule has 0 bridgehead atoms. The highest BCUT2D eigenvalue weighted by Crippen LogP contribution is 2.34. The highest BCUT2D eigenvalue weighted by molar-refractivity contribution is 6.50. The molecule has 2 aromatic rings. The van der Waals surface area contributed by atoms with Gasteiger partial charge < -0.3 is 17.3 Å². The Morgan fingerprint density at radius 2 is 1.39 bits per heavy atom. The zero-order valence-corrected chi connectivity index (χ0v) is 14.2. The SMILES string of the molecule is CC(C)[C@@H]1C[C@H](F)c2nn(-c3c(F)c(F)c(F)c(F)c3F)c[n+]21.F[B-](F)(F)F. The Labute approximate surface area is 151 Å². The molecule has 0 saturated carbocycles. The van der Waals surface area contributed by atoms with Gasteiger partial charge in [-0.05, 0) is 5.92 Å². The van der Waals surface area contributed by atoms with Crippen LogP contribution in [0, 0.1) is 35.0 Å².